The van der Waals surface area contributed by atoms with Crippen LogP contribution in [0.1, 0.15) is 6.42 Å². The van der Waals surface area contributed by atoms with Gasteiger partial charge in [0, 0.05) is 0 Å². The van der Waals surface area contributed by atoms with E-state index in [-0.39, 0.29) is 5.97 Å². The van der Waals surface area contributed by atoms with Crippen molar-refractivity contribution in [3.63, 3.8) is 0 Å². The summed E-state index contributed by atoms with van der Waals surface area (Å²) >= 11 is 0. The van der Waals surface area contributed by atoms with Gasteiger partial charge in [0.15, 0.2) is 0 Å². The van der Waals surface area contributed by atoms with Crippen LogP contribution in [0.3, 0.4) is 0 Å². The minimum atomic E-state index is -0.121. The van der Waals surface area contributed by atoms with Crippen molar-refractivity contribution in [1.82, 2.24) is 0 Å². The van der Waals surface area contributed by atoms with Crippen molar-refractivity contribution in [3.8, 4) is 5.75 Å². The van der Waals surface area contributed by atoms with Crippen LogP contribution in [-0.4, -0.2) is 52.9 Å². The summed E-state index contributed by atoms with van der Waals surface area (Å²) in [5, 5.41) is 0. The molecule has 0 bridgehead atoms. The Morgan fingerprint density at radius 1 is 1.25 bits per heavy atom. The molecule has 1 aromatic carbocycles. The molecule has 1 saturated heterocycles. The maximum absolute atomic E-state index is 11.2. The van der Waals surface area contributed by atoms with Crippen LogP contribution < -0.4 is 14.5 Å². The van der Waals surface area contributed by atoms with Gasteiger partial charge < -0.3 is 19.3 Å². The zero-order valence-electron chi connectivity index (χ0n) is 12.2. The van der Waals surface area contributed by atoms with Gasteiger partial charge in [0.2, 0.25) is 0 Å². The Balaban J connectivity index is 1.86. The zero-order valence-corrected chi connectivity index (χ0v) is 12.2. The van der Waals surface area contributed by atoms with Gasteiger partial charge in [-0.1, -0.05) is 12.1 Å². The van der Waals surface area contributed by atoms with E-state index in [1.807, 2.05) is 18.2 Å². The summed E-state index contributed by atoms with van der Waals surface area (Å²) in [4.78, 5) is 15.0. The number of para-hydroxylation sites is 2. The summed E-state index contributed by atoms with van der Waals surface area (Å²) in [5.41, 5.74) is 1.15. The molecule has 1 N–H and O–H groups in total. The van der Waals surface area contributed by atoms with Crippen molar-refractivity contribution in [3.05, 3.63) is 24.3 Å². The molecule has 2 rings (SSSR count). The Morgan fingerprint density at radius 3 is 2.60 bits per heavy atom. The Bertz CT molecular complexity index is 442. The van der Waals surface area contributed by atoms with E-state index in [1.165, 1.54) is 12.0 Å². The molecule has 1 aliphatic rings. The summed E-state index contributed by atoms with van der Waals surface area (Å²) < 4.78 is 10.1. The minimum absolute atomic E-state index is 0.121. The number of piperazine rings is 1. The number of hydrogen-bond donors (Lipinski definition) is 1. The molecule has 0 aromatic heterocycles. The second-order valence-corrected chi connectivity index (χ2v) is 4.99. The number of ether oxygens (including phenoxy) is 2. The molecule has 0 saturated carbocycles. The highest BCUT2D eigenvalue weighted by atomic mass is 16.5. The second-order valence-electron chi connectivity index (χ2n) is 4.99. The molecule has 110 valence electrons. The fourth-order valence-corrected chi connectivity index (χ4v) is 2.59. The van der Waals surface area contributed by atoms with Crippen LogP contribution in [0.4, 0.5) is 5.69 Å². The summed E-state index contributed by atoms with van der Waals surface area (Å²) in [5.74, 6) is 0.801. The number of benzene rings is 1. The van der Waals surface area contributed by atoms with Gasteiger partial charge in [-0.2, -0.15) is 0 Å². The van der Waals surface area contributed by atoms with Crippen LogP contribution in [0.25, 0.3) is 0 Å². The van der Waals surface area contributed by atoms with E-state index < -0.39 is 0 Å². The standard InChI is InChI=1S/C15H22N2O3/c1-19-14-6-4-3-5-13(14)17-11-9-16(10-12-17)8-7-15(18)20-2/h3-6H,7-12H2,1-2H3/p+1. The first-order valence-corrected chi connectivity index (χ1v) is 7.03. The molecule has 1 aromatic rings. The molecule has 0 radical (unpaired) electrons. The van der Waals surface area contributed by atoms with Gasteiger partial charge in [-0.05, 0) is 12.1 Å². The third kappa shape index (κ3) is 3.63. The molecular weight excluding hydrogens is 256 g/mol. The van der Waals surface area contributed by atoms with Crippen molar-refractivity contribution in [2.75, 3.05) is 51.8 Å². The van der Waals surface area contributed by atoms with Crippen LogP contribution in [0, 0.1) is 0 Å². The Labute approximate surface area is 120 Å². The van der Waals surface area contributed by atoms with Gasteiger partial charge in [-0.3, -0.25) is 4.79 Å². The average molecular weight is 279 g/mol. The third-order valence-corrected chi connectivity index (χ3v) is 3.81. The van der Waals surface area contributed by atoms with Gasteiger partial charge in [0.25, 0.3) is 0 Å². The molecule has 0 unspecified atom stereocenters. The number of methoxy groups -OCH3 is 2. The molecule has 0 spiro atoms. The topological polar surface area (TPSA) is 43.2 Å². The van der Waals surface area contributed by atoms with E-state index in [9.17, 15) is 4.79 Å². The molecule has 5 heteroatoms. The number of nitrogens with zero attached hydrogens (tertiary/aromatic N) is 1. The Hall–Kier alpha value is -1.75. The van der Waals surface area contributed by atoms with Crippen molar-refractivity contribution in [1.29, 1.82) is 0 Å². The number of anilines is 1. The molecule has 1 heterocycles. The molecule has 0 atom stereocenters. The fourth-order valence-electron chi connectivity index (χ4n) is 2.59. The van der Waals surface area contributed by atoms with E-state index >= 15 is 0 Å². The quantitative estimate of drug-likeness (QED) is 0.768. The third-order valence-electron chi connectivity index (χ3n) is 3.81. The number of rotatable bonds is 5. The predicted molar refractivity (Wildman–Crippen MR) is 77.4 cm³/mol. The highest BCUT2D eigenvalue weighted by Gasteiger charge is 2.22. The largest absolute Gasteiger partial charge is 0.495 e. The van der Waals surface area contributed by atoms with Gasteiger partial charge >= 0.3 is 5.97 Å². The first-order chi connectivity index (χ1) is 9.74. The number of hydrogen-bond acceptors (Lipinski definition) is 4. The molecular formula is C15H23N2O3+. The predicted octanol–water partition coefficient (Wildman–Crippen LogP) is -0.0368. The maximum Gasteiger partial charge on any atom is 0.311 e. The lowest BCUT2D eigenvalue weighted by atomic mass is 10.2. The lowest BCUT2D eigenvalue weighted by Crippen LogP contribution is -3.15. The highest BCUT2D eigenvalue weighted by Crippen LogP contribution is 2.27. The molecule has 0 aliphatic carbocycles. The zero-order chi connectivity index (χ0) is 14.4. The van der Waals surface area contributed by atoms with Crippen molar-refractivity contribution in [2.45, 2.75) is 6.42 Å². The highest BCUT2D eigenvalue weighted by molar-refractivity contribution is 5.69. The van der Waals surface area contributed by atoms with Crippen molar-refractivity contribution >= 4 is 11.7 Å². The summed E-state index contributed by atoms with van der Waals surface area (Å²) in [6.45, 7) is 4.89. The molecule has 1 fully saturated rings. The van der Waals surface area contributed by atoms with Crippen LogP contribution >= 0.6 is 0 Å². The van der Waals surface area contributed by atoms with Crippen molar-refractivity contribution < 1.29 is 19.2 Å². The summed E-state index contributed by atoms with van der Waals surface area (Å²) in [7, 11) is 3.15. The summed E-state index contributed by atoms with van der Waals surface area (Å²) in [6, 6.07) is 8.11. The van der Waals surface area contributed by atoms with E-state index in [1.54, 1.807) is 7.11 Å². The second kappa shape index (κ2) is 7.14. The molecule has 1 aliphatic heterocycles. The lowest BCUT2D eigenvalue weighted by Gasteiger charge is -2.34. The average Bonchev–Trinajstić information content (AvgIpc) is 2.53. The van der Waals surface area contributed by atoms with Crippen LogP contribution in [0.15, 0.2) is 24.3 Å². The van der Waals surface area contributed by atoms with Crippen LogP contribution in [-0.2, 0) is 9.53 Å². The summed E-state index contributed by atoms with van der Waals surface area (Å²) in [6.07, 6.45) is 0.500. The first kappa shape index (κ1) is 14.7. The molecule has 0 amide bonds. The number of carbonyl (C=O) groups is 1. The molecule has 5 nitrogen and oxygen atoms in total. The maximum atomic E-state index is 11.2. The monoisotopic (exact) mass is 279 g/mol. The van der Waals surface area contributed by atoms with Crippen LogP contribution in [0.5, 0.6) is 5.75 Å². The van der Waals surface area contributed by atoms with Gasteiger partial charge in [-0.25, -0.2) is 0 Å². The Morgan fingerprint density at radius 2 is 1.95 bits per heavy atom. The Kier molecular flexibility index (Phi) is 5.24. The van der Waals surface area contributed by atoms with E-state index in [0.717, 1.165) is 44.2 Å². The number of quaternary nitrogens is 1. The first-order valence-electron chi connectivity index (χ1n) is 7.03. The lowest BCUT2D eigenvalue weighted by molar-refractivity contribution is -0.900. The van der Waals surface area contributed by atoms with Crippen LogP contribution in [0.2, 0.25) is 0 Å². The number of carbonyl (C=O) groups excluding carboxylic acids is 1. The normalized spacial score (nSPS) is 16.0. The van der Waals surface area contributed by atoms with Gasteiger partial charge in [0.05, 0.1) is 59.1 Å². The van der Waals surface area contributed by atoms with Gasteiger partial charge in [-0.15, -0.1) is 0 Å². The molecule has 20 heavy (non-hydrogen) atoms. The smallest absolute Gasteiger partial charge is 0.311 e. The van der Waals surface area contributed by atoms with Gasteiger partial charge in [0.1, 0.15) is 5.75 Å². The minimum Gasteiger partial charge on any atom is -0.495 e. The number of nitrogens with one attached hydrogen (secondary N) is 1. The van der Waals surface area contributed by atoms with E-state index in [0.29, 0.717) is 6.42 Å². The number of esters is 1. The fraction of sp³-hybridized carbons (Fsp3) is 0.533. The van der Waals surface area contributed by atoms with E-state index in [4.69, 9.17) is 4.74 Å². The van der Waals surface area contributed by atoms with E-state index in [2.05, 4.69) is 15.7 Å². The SMILES string of the molecule is COC(=O)CC[NH+]1CCN(c2ccccc2OC)CC1. The van der Waals surface area contributed by atoms with Crippen molar-refractivity contribution in [2.24, 2.45) is 0 Å².